The first kappa shape index (κ1) is 9.96. The Labute approximate surface area is 77.4 Å². The summed E-state index contributed by atoms with van der Waals surface area (Å²) in [5.41, 5.74) is -1.14. The molecule has 0 fully saturated rings. The van der Waals surface area contributed by atoms with Gasteiger partial charge in [0.05, 0.1) is 0 Å². The first-order valence-corrected chi connectivity index (χ1v) is 4.27. The number of rotatable bonds is 2. The minimum atomic E-state index is -1.33. The van der Waals surface area contributed by atoms with Crippen LogP contribution in [0.5, 0.6) is 0 Å². The maximum absolute atomic E-state index is 11.4. The molecule has 1 aliphatic rings. The Morgan fingerprint density at radius 3 is 2.15 bits per heavy atom. The van der Waals surface area contributed by atoms with Crippen LogP contribution in [0.2, 0.25) is 0 Å². The number of hydrogen-bond acceptors (Lipinski definition) is 2. The van der Waals surface area contributed by atoms with Crippen LogP contribution < -0.4 is 0 Å². The number of ketones is 1. The second-order valence-electron chi connectivity index (χ2n) is 4.29. The van der Waals surface area contributed by atoms with Gasteiger partial charge >= 0.3 is 5.97 Å². The van der Waals surface area contributed by atoms with E-state index in [0.717, 1.165) is 0 Å². The van der Waals surface area contributed by atoms with E-state index >= 15 is 0 Å². The molecule has 0 spiro atoms. The Morgan fingerprint density at radius 1 is 1.31 bits per heavy atom. The third kappa shape index (κ3) is 1.28. The molecule has 0 saturated heterocycles. The Morgan fingerprint density at radius 2 is 1.85 bits per heavy atom. The number of carboxylic acids is 1. The molecule has 0 bridgehead atoms. The largest absolute Gasteiger partial charge is 0.475 e. The minimum Gasteiger partial charge on any atom is -0.475 e. The van der Waals surface area contributed by atoms with E-state index in [9.17, 15) is 9.59 Å². The Hall–Kier alpha value is -1.12. The lowest BCUT2D eigenvalue weighted by atomic mass is 9.66. The van der Waals surface area contributed by atoms with E-state index in [4.69, 9.17) is 5.11 Å². The van der Waals surface area contributed by atoms with Gasteiger partial charge in [0.15, 0.2) is 0 Å². The van der Waals surface area contributed by atoms with Gasteiger partial charge in [0.1, 0.15) is 0 Å². The number of aliphatic carboxylic acids is 1. The van der Waals surface area contributed by atoms with Gasteiger partial charge in [0.2, 0.25) is 5.78 Å². The summed E-state index contributed by atoms with van der Waals surface area (Å²) in [5.74, 6) is -2.03. The summed E-state index contributed by atoms with van der Waals surface area (Å²) < 4.78 is 0. The van der Waals surface area contributed by atoms with Crippen molar-refractivity contribution in [1.29, 1.82) is 0 Å². The number of allylic oxidation sites excluding steroid dienone is 2. The molecule has 0 aromatic rings. The summed E-state index contributed by atoms with van der Waals surface area (Å²) in [6.07, 6.45) is 4.31. The number of carbonyl (C=O) groups is 2. The molecule has 1 aliphatic carbocycles. The van der Waals surface area contributed by atoms with Crippen LogP contribution in [0.15, 0.2) is 12.2 Å². The van der Waals surface area contributed by atoms with Gasteiger partial charge in [-0.1, -0.05) is 32.9 Å². The lowest BCUT2D eigenvalue weighted by Crippen LogP contribution is -2.41. The summed E-state index contributed by atoms with van der Waals surface area (Å²) in [7, 11) is 0. The van der Waals surface area contributed by atoms with Gasteiger partial charge in [-0.15, -0.1) is 0 Å². The van der Waals surface area contributed by atoms with Gasteiger partial charge in [0.25, 0.3) is 0 Å². The van der Waals surface area contributed by atoms with Crippen molar-refractivity contribution in [3.8, 4) is 0 Å². The van der Waals surface area contributed by atoms with Crippen molar-refractivity contribution >= 4 is 11.8 Å². The molecule has 0 amide bonds. The summed E-state index contributed by atoms with van der Waals surface area (Å²) in [6, 6.07) is 0. The molecular weight excluding hydrogens is 168 g/mol. The molecule has 1 rings (SSSR count). The molecule has 3 heteroatoms. The third-order valence-electron chi connectivity index (χ3n) is 3.18. The Kier molecular flexibility index (Phi) is 2.06. The number of Topliss-reactive ketones (excluding diaryl/α,β-unsaturated/α-hetero) is 1. The lowest BCUT2D eigenvalue weighted by Gasteiger charge is -2.34. The molecule has 0 saturated carbocycles. The summed E-state index contributed by atoms with van der Waals surface area (Å²) >= 11 is 0. The fourth-order valence-corrected chi connectivity index (χ4v) is 1.66. The summed E-state index contributed by atoms with van der Waals surface area (Å²) in [4.78, 5) is 22.0. The Balaban J connectivity index is 3.03. The Bertz CT molecular complexity index is 289. The quantitative estimate of drug-likeness (QED) is 0.521. The molecule has 1 unspecified atom stereocenters. The first-order valence-electron chi connectivity index (χ1n) is 4.27. The molecule has 0 aliphatic heterocycles. The van der Waals surface area contributed by atoms with Crippen LogP contribution >= 0.6 is 0 Å². The van der Waals surface area contributed by atoms with Crippen LogP contribution in [-0.4, -0.2) is 16.9 Å². The highest BCUT2D eigenvalue weighted by Gasteiger charge is 2.49. The molecule has 1 N–H and O–H groups in total. The molecule has 13 heavy (non-hydrogen) atoms. The first-order chi connectivity index (χ1) is 5.81. The van der Waals surface area contributed by atoms with Crippen LogP contribution in [0.4, 0.5) is 0 Å². The zero-order valence-electron chi connectivity index (χ0n) is 8.13. The summed E-state index contributed by atoms with van der Waals surface area (Å²) in [6.45, 7) is 5.48. The second-order valence-corrected chi connectivity index (χ2v) is 4.29. The molecule has 1 atom stereocenters. The van der Waals surface area contributed by atoms with E-state index in [1.54, 1.807) is 6.92 Å². The predicted octanol–water partition coefficient (Wildman–Crippen LogP) is 1.63. The van der Waals surface area contributed by atoms with Crippen molar-refractivity contribution in [3.05, 3.63) is 12.2 Å². The molecular formula is C10H14O3. The standard InChI is InChI=1S/C10H14O3/c1-9(2)5-4-6-10(9,3)7(11)8(12)13/h4-5H,6H2,1-3H3,(H,12,13). The second kappa shape index (κ2) is 2.69. The molecule has 72 valence electrons. The van der Waals surface area contributed by atoms with E-state index in [0.29, 0.717) is 6.42 Å². The SMILES string of the molecule is CC1(C)C=CCC1(C)C(=O)C(=O)O. The van der Waals surface area contributed by atoms with Crippen LogP contribution in [0.25, 0.3) is 0 Å². The number of carbonyl (C=O) groups excluding carboxylic acids is 1. The van der Waals surface area contributed by atoms with Gasteiger partial charge in [0, 0.05) is 5.41 Å². The fraction of sp³-hybridized carbons (Fsp3) is 0.600. The van der Waals surface area contributed by atoms with E-state index in [-0.39, 0.29) is 5.41 Å². The van der Waals surface area contributed by atoms with Crippen molar-refractivity contribution in [2.45, 2.75) is 27.2 Å². The van der Waals surface area contributed by atoms with Crippen LogP contribution in [0.3, 0.4) is 0 Å². The highest BCUT2D eigenvalue weighted by Crippen LogP contribution is 2.48. The van der Waals surface area contributed by atoms with E-state index in [1.165, 1.54) is 0 Å². The van der Waals surface area contributed by atoms with E-state index in [2.05, 4.69) is 0 Å². The van der Waals surface area contributed by atoms with Gasteiger partial charge in [-0.2, -0.15) is 0 Å². The van der Waals surface area contributed by atoms with Crippen molar-refractivity contribution in [2.24, 2.45) is 10.8 Å². The third-order valence-corrected chi connectivity index (χ3v) is 3.18. The zero-order valence-corrected chi connectivity index (χ0v) is 8.13. The highest BCUT2D eigenvalue weighted by molar-refractivity contribution is 6.35. The number of carboxylic acid groups (broad SMARTS) is 1. The van der Waals surface area contributed by atoms with Crippen LogP contribution in [0, 0.1) is 10.8 Å². The van der Waals surface area contributed by atoms with E-state index in [1.807, 2.05) is 26.0 Å². The monoisotopic (exact) mass is 182 g/mol. The van der Waals surface area contributed by atoms with Gasteiger partial charge in [-0.25, -0.2) is 4.79 Å². The van der Waals surface area contributed by atoms with Crippen molar-refractivity contribution in [2.75, 3.05) is 0 Å². The molecule has 0 heterocycles. The van der Waals surface area contributed by atoms with Crippen molar-refractivity contribution < 1.29 is 14.7 Å². The van der Waals surface area contributed by atoms with Crippen LogP contribution in [-0.2, 0) is 9.59 Å². The molecule has 0 radical (unpaired) electrons. The van der Waals surface area contributed by atoms with E-state index < -0.39 is 17.2 Å². The van der Waals surface area contributed by atoms with Gasteiger partial charge in [-0.3, -0.25) is 4.79 Å². The van der Waals surface area contributed by atoms with Gasteiger partial charge < -0.3 is 5.11 Å². The lowest BCUT2D eigenvalue weighted by molar-refractivity contribution is -0.156. The van der Waals surface area contributed by atoms with Crippen molar-refractivity contribution in [1.82, 2.24) is 0 Å². The molecule has 0 aromatic heterocycles. The van der Waals surface area contributed by atoms with Crippen LogP contribution in [0.1, 0.15) is 27.2 Å². The molecule has 3 nitrogen and oxygen atoms in total. The van der Waals surface area contributed by atoms with Crippen molar-refractivity contribution in [3.63, 3.8) is 0 Å². The number of hydrogen-bond donors (Lipinski definition) is 1. The maximum atomic E-state index is 11.4. The fourth-order valence-electron chi connectivity index (χ4n) is 1.66. The topological polar surface area (TPSA) is 54.4 Å². The average molecular weight is 182 g/mol. The maximum Gasteiger partial charge on any atom is 0.372 e. The zero-order chi connectivity index (χ0) is 10.3. The average Bonchev–Trinajstić information content (AvgIpc) is 2.26. The summed E-state index contributed by atoms with van der Waals surface area (Å²) in [5, 5.41) is 8.66. The highest BCUT2D eigenvalue weighted by atomic mass is 16.4. The predicted molar refractivity (Wildman–Crippen MR) is 48.3 cm³/mol. The molecule has 0 aromatic carbocycles. The normalized spacial score (nSPS) is 30.4. The van der Waals surface area contributed by atoms with Gasteiger partial charge in [-0.05, 0) is 11.8 Å². The smallest absolute Gasteiger partial charge is 0.372 e. The minimum absolute atomic E-state index is 0.359.